The molecule has 2 N–H and O–H groups in total. The van der Waals surface area contributed by atoms with Gasteiger partial charge in [0.25, 0.3) is 0 Å². The molecular formula is C21H26FN5. The summed E-state index contributed by atoms with van der Waals surface area (Å²) in [6, 6.07) is 9.46. The predicted octanol–water partition coefficient (Wildman–Crippen LogP) is 3.26. The first-order chi connectivity index (χ1) is 13.1. The van der Waals surface area contributed by atoms with Crippen LogP contribution < -0.4 is 10.6 Å². The molecule has 27 heavy (non-hydrogen) atoms. The number of benzene rings is 1. The molecule has 0 atom stereocenters. The number of aromatic nitrogens is 2. The molecule has 0 amide bonds. The number of nitrogens with zero attached hydrogens (tertiary/aromatic N) is 4. The highest BCUT2D eigenvalue weighted by Crippen LogP contribution is 2.27. The summed E-state index contributed by atoms with van der Waals surface area (Å²) in [6.07, 6.45) is 5.58. The van der Waals surface area contributed by atoms with Crippen molar-refractivity contribution in [1.29, 1.82) is 0 Å². The first-order valence-corrected chi connectivity index (χ1v) is 9.63. The van der Waals surface area contributed by atoms with Crippen molar-refractivity contribution in [3.8, 4) is 0 Å². The second-order valence-electron chi connectivity index (χ2n) is 7.43. The molecule has 0 unspecified atom stereocenters. The normalized spacial score (nSPS) is 19.2. The van der Waals surface area contributed by atoms with Gasteiger partial charge in [-0.2, -0.15) is 4.98 Å². The Morgan fingerprint density at radius 3 is 2.44 bits per heavy atom. The lowest BCUT2D eigenvalue weighted by molar-refractivity contribution is 0.185. The van der Waals surface area contributed by atoms with E-state index in [0.29, 0.717) is 12.0 Å². The quantitative estimate of drug-likeness (QED) is 0.902. The van der Waals surface area contributed by atoms with Crippen LogP contribution in [0.1, 0.15) is 30.5 Å². The van der Waals surface area contributed by atoms with E-state index in [1.54, 1.807) is 12.1 Å². The maximum atomic E-state index is 13.1. The summed E-state index contributed by atoms with van der Waals surface area (Å²) in [7, 11) is 0. The van der Waals surface area contributed by atoms with Crippen LogP contribution in [0.15, 0.2) is 36.4 Å². The fourth-order valence-corrected chi connectivity index (χ4v) is 4.14. The van der Waals surface area contributed by atoms with Crippen molar-refractivity contribution in [2.75, 3.05) is 36.8 Å². The zero-order chi connectivity index (χ0) is 18.8. The molecule has 0 radical (unpaired) electrons. The van der Waals surface area contributed by atoms with E-state index >= 15 is 0 Å². The number of piperidine rings is 1. The summed E-state index contributed by atoms with van der Waals surface area (Å²) in [6.45, 7) is 5.97. The first-order valence-electron chi connectivity index (χ1n) is 9.63. The number of hydrogen-bond acceptors (Lipinski definition) is 5. The summed E-state index contributed by atoms with van der Waals surface area (Å²) < 4.78 is 13.1. The number of aryl methyl sites for hydroxylation is 1. The van der Waals surface area contributed by atoms with Crippen molar-refractivity contribution in [2.45, 2.75) is 32.2 Å². The lowest BCUT2D eigenvalue weighted by Crippen LogP contribution is -2.46. The van der Waals surface area contributed by atoms with E-state index in [-0.39, 0.29) is 5.82 Å². The van der Waals surface area contributed by atoms with E-state index in [1.165, 1.54) is 5.57 Å². The van der Waals surface area contributed by atoms with Crippen LogP contribution in [0.4, 0.5) is 16.2 Å². The maximum absolute atomic E-state index is 13.1. The summed E-state index contributed by atoms with van der Waals surface area (Å²) in [4.78, 5) is 13.4. The number of nitrogens with two attached hydrogens (primary N) is 1. The Balaban J connectivity index is 1.34. The molecule has 1 saturated heterocycles. The van der Waals surface area contributed by atoms with Gasteiger partial charge in [0.05, 0.1) is 0 Å². The van der Waals surface area contributed by atoms with E-state index in [0.717, 1.165) is 62.5 Å². The molecule has 1 fully saturated rings. The standard InChI is InChI=1S/C21H26FN5/c1-15-14-20(25-21(23)24-15)27-12-8-19(9-13-27)26-10-6-17(7-11-26)16-2-4-18(22)5-3-16/h2-6,14,19H,7-13H2,1H3,(H2,23,24,25). The van der Waals surface area contributed by atoms with Crippen molar-refractivity contribution in [3.63, 3.8) is 0 Å². The second-order valence-corrected chi connectivity index (χ2v) is 7.43. The molecule has 4 rings (SSSR count). The van der Waals surface area contributed by atoms with E-state index in [2.05, 4.69) is 25.8 Å². The Kier molecular flexibility index (Phi) is 5.07. The summed E-state index contributed by atoms with van der Waals surface area (Å²) in [5, 5.41) is 0. The smallest absolute Gasteiger partial charge is 0.222 e. The maximum Gasteiger partial charge on any atom is 0.222 e. The number of rotatable bonds is 3. The van der Waals surface area contributed by atoms with Crippen LogP contribution >= 0.6 is 0 Å². The Morgan fingerprint density at radius 1 is 1.07 bits per heavy atom. The third-order valence-electron chi connectivity index (χ3n) is 5.62. The number of halogens is 1. The van der Waals surface area contributed by atoms with Gasteiger partial charge in [0.15, 0.2) is 0 Å². The fourth-order valence-electron chi connectivity index (χ4n) is 4.14. The number of anilines is 2. The second kappa shape index (κ2) is 7.64. The minimum absolute atomic E-state index is 0.177. The SMILES string of the molecule is Cc1cc(N2CCC(N3CC=C(c4ccc(F)cc4)CC3)CC2)nc(N)n1. The third-order valence-corrected chi connectivity index (χ3v) is 5.62. The monoisotopic (exact) mass is 367 g/mol. The highest BCUT2D eigenvalue weighted by atomic mass is 19.1. The van der Waals surface area contributed by atoms with E-state index < -0.39 is 0 Å². The van der Waals surface area contributed by atoms with Gasteiger partial charge < -0.3 is 10.6 Å². The van der Waals surface area contributed by atoms with Crippen molar-refractivity contribution >= 4 is 17.3 Å². The van der Waals surface area contributed by atoms with Crippen LogP contribution in [0.3, 0.4) is 0 Å². The van der Waals surface area contributed by atoms with E-state index in [1.807, 2.05) is 25.1 Å². The average Bonchev–Trinajstić information content (AvgIpc) is 2.68. The molecule has 2 aliphatic rings. The van der Waals surface area contributed by atoms with Crippen LogP contribution in [0.2, 0.25) is 0 Å². The number of nitrogen functional groups attached to an aromatic ring is 1. The molecule has 2 aromatic rings. The Morgan fingerprint density at radius 2 is 1.81 bits per heavy atom. The third kappa shape index (κ3) is 4.11. The van der Waals surface area contributed by atoms with Gasteiger partial charge in [-0.25, -0.2) is 9.37 Å². The molecule has 0 spiro atoms. The molecule has 1 aromatic heterocycles. The molecule has 5 nitrogen and oxygen atoms in total. The molecule has 2 aliphatic heterocycles. The summed E-state index contributed by atoms with van der Waals surface area (Å²) in [5.74, 6) is 1.11. The topological polar surface area (TPSA) is 58.3 Å². The molecular weight excluding hydrogens is 341 g/mol. The van der Waals surface area contributed by atoms with Gasteiger partial charge in [0.1, 0.15) is 11.6 Å². The van der Waals surface area contributed by atoms with E-state index in [4.69, 9.17) is 5.73 Å². The predicted molar refractivity (Wildman–Crippen MR) is 107 cm³/mol. The van der Waals surface area contributed by atoms with Crippen LogP contribution in [0.5, 0.6) is 0 Å². The molecule has 0 bridgehead atoms. The zero-order valence-corrected chi connectivity index (χ0v) is 15.7. The van der Waals surface area contributed by atoms with Crippen molar-refractivity contribution in [1.82, 2.24) is 14.9 Å². The Bertz CT molecular complexity index is 805. The van der Waals surface area contributed by atoms with Crippen LogP contribution in [0.25, 0.3) is 5.57 Å². The Labute approximate surface area is 159 Å². The number of hydrogen-bond donors (Lipinski definition) is 1. The Hall–Kier alpha value is -2.47. The van der Waals surface area contributed by atoms with Crippen molar-refractivity contribution in [2.24, 2.45) is 0 Å². The zero-order valence-electron chi connectivity index (χ0n) is 15.7. The lowest BCUT2D eigenvalue weighted by Gasteiger charge is -2.40. The largest absolute Gasteiger partial charge is 0.368 e. The summed E-state index contributed by atoms with van der Waals surface area (Å²) in [5.41, 5.74) is 9.18. The van der Waals surface area contributed by atoms with Crippen molar-refractivity contribution in [3.05, 3.63) is 53.5 Å². The van der Waals surface area contributed by atoms with Gasteiger partial charge in [-0.1, -0.05) is 18.2 Å². The molecule has 6 heteroatoms. The average molecular weight is 367 g/mol. The summed E-state index contributed by atoms with van der Waals surface area (Å²) >= 11 is 0. The minimum Gasteiger partial charge on any atom is -0.368 e. The molecule has 142 valence electrons. The van der Waals surface area contributed by atoms with Gasteiger partial charge in [-0.05, 0) is 49.5 Å². The van der Waals surface area contributed by atoms with Gasteiger partial charge in [0, 0.05) is 44.0 Å². The molecule has 3 heterocycles. The highest BCUT2D eigenvalue weighted by molar-refractivity contribution is 5.66. The van der Waals surface area contributed by atoms with Gasteiger partial charge >= 0.3 is 0 Å². The highest BCUT2D eigenvalue weighted by Gasteiger charge is 2.26. The molecule has 1 aromatic carbocycles. The van der Waals surface area contributed by atoms with E-state index in [9.17, 15) is 4.39 Å². The van der Waals surface area contributed by atoms with Gasteiger partial charge in [0.2, 0.25) is 5.95 Å². The van der Waals surface area contributed by atoms with Crippen LogP contribution in [-0.4, -0.2) is 47.1 Å². The van der Waals surface area contributed by atoms with Crippen LogP contribution in [0, 0.1) is 12.7 Å². The van der Waals surface area contributed by atoms with Gasteiger partial charge in [-0.3, -0.25) is 4.90 Å². The minimum atomic E-state index is -0.177. The first kappa shape index (κ1) is 17.9. The molecule has 0 aliphatic carbocycles. The fraction of sp³-hybridized carbons (Fsp3) is 0.429. The van der Waals surface area contributed by atoms with Crippen molar-refractivity contribution < 1.29 is 4.39 Å². The van der Waals surface area contributed by atoms with Gasteiger partial charge in [-0.15, -0.1) is 0 Å². The molecule has 0 saturated carbocycles. The lowest BCUT2D eigenvalue weighted by atomic mass is 9.96. The van der Waals surface area contributed by atoms with Crippen LogP contribution in [-0.2, 0) is 0 Å².